The summed E-state index contributed by atoms with van der Waals surface area (Å²) in [4.78, 5) is 0.374. The fourth-order valence-electron chi connectivity index (χ4n) is 1.96. The van der Waals surface area contributed by atoms with Gasteiger partial charge in [0.25, 0.3) is 0 Å². The molecule has 15 heavy (non-hydrogen) atoms. The van der Waals surface area contributed by atoms with Crippen LogP contribution in [-0.4, -0.2) is 20.0 Å². The van der Waals surface area contributed by atoms with Gasteiger partial charge in [-0.2, -0.15) is 0 Å². The van der Waals surface area contributed by atoms with E-state index in [0.29, 0.717) is 10.9 Å². The number of hydrogen-bond acceptors (Lipinski definition) is 3. The standard InChI is InChI=1S/C10H16N4S/c1-2-6-14-9(7-4-3-5-7)8(10(11)15)12-13-14/h7H,2-6H2,1H3,(H2,11,15). The van der Waals surface area contributed by atoms with E-state index in [1.165, 1.54) is 19.3 Å². The molecule has 1 aromatic heterocycles. The summed E-state index contributed by atoms with van der Waals surface area (Å²) < 4.78 is 1.97. The SMILES string of the molecule is CCCn1nnc(C(N)=S)c1C1CCC1. The predicted molar refractivity (Wildman–Crippen MR) is 62.8 cm³/mol. The summed E-state index contributed by atoms with van der Waals surface area (Å²) in [5.74, 6) is 0.572. The molecule has 5 heteroatoms. The Bertz CT molecular complexity index is 367. The minimum atomic E-state index is 0.374. The smallest absolute Gasteiger partial charge is 0.143 e. The minimum absolute atomic E-state index is 0.374. The summed E-state index contributed by atoms with van der Waals surface area (Å²) in [6.07, 6.45) is 4.78. The highest BCUT2D eigenvalue weighted by Crippen LogP contribution is 2.37. The Morgan fingerprint density at radius 2 is 2.33 bits per heavy atom. The maximum Gasteiger partial charge on any atom is 0.143 e. The molecule has 0 aromatic carbocycles. The van der Waals surface area contributed by atoms with Gasteiger partial charge < -0.3 is 5.73 Å². The van der Waals surface area contributed by atoms with E-state index in [1.807, 2.05) is 4.68 Å². The van der Waals surface area contributed by atoms with Crippen molar-refractivity contribution in [2.45, 2.75) is 45.1 Å². The number of aryl methyl sites for hydroxylation is 1. The molecule has 4 nitrogen and oxygen atoms in total. The highest BCUT2D eigenvalue weighted by molar-refractivity contribution is 7.80. The van der Waals surface area contributed by atoms with Crippen molar-refractivity contribution in [1.82, 2.24) is 15.0 Å². The molecule has 0 atom stereocenters. The fraction of sp³-hybridized carbons (Fsp3) is 0.700. The molecule has 0 unspecified atom stereocenters. The molecule has 2 N–H and O–H groups in total. The Balaban J connectivity index is 2.34. The van der Waals surface area contributed by atoms with Crippen LogP contribution in [-0.2, 0) is 6.54 Å². The number of aromatic nitrogens is 3. The fourth-order valence-corrected chi connectivity index (χ4v) is 2.10. The molecule has 0 amide bonds. The van der Waals surface area contributed by atoms with Crippen molar-refractivity contribution in [2.24, 2.45) is 5.73 Å². The van der Waals surface area contributed by atoms with Crippen molar-refractivity contribution in [3.8, 4) is 0 Å². The van der Waals surface area contributed by atoms with Crippen LogP contribution in [0.1, 0.15) is 49.9 Å². The van der Waals surface area contributed by atoms with E-state index < -0.39 is 0 Å². The lowest BCUT2D eigenvalue weighted by Crippen LogP contribution is -2.20. The largest absolute Gasteiger partial charge is 0.388 e. The minimum Gasteiger partial charge on any atom is -0.388 e. The van der Waals surface area contributed by atoms with E-state index in [9.17, 15) is 0 Å². The molecule has 82 valence electrons. The lowest BCUT2D eigenvalue weighted by Gasteiger charge is -2.26. The van der Waals surface area contributed by atoms with Gasteiger partial charge >= 0.3 is 0 Å². The molecule has 1 aromatic rings. The molecule has 1 aliphatic carbocycles. The van der Waals surface area contributed by atoms with Gasteiger partial charge in [-0.05, 0) is 19.3 Å². The molecule has 0 spiro atoms. The summed E-state index contributed by atoms with van der Waals surface area (Å²) in [5, 5.41) is 8.21. The normalized spacial score (nSPS) is 16.3. The Hall–Kier alpha value is -0.970. The lowest BCUT2D eigenvalue weighted by molar-refractivity contribution is 0.386. The first kappa shape index (κ1) is 10.5. The molecule has 2 rings (SSSR count). The summed E-state index contributed by atoms with van der Waals surface area (Å²) in [6.45, 7) is 3.04. The Morgan fingerprint density at radius 3 is 2.80 bits per heavy atom. The van der Waals surface area contributed by atoms with Crippen LogP contribution in [0.2, 0.25) is 0 Å². The second-order valence-corrected chi connectivity index (χ2v) is 4.48. The van der Waals surface area contributed by atoms with E-state index in [4.69, 9.17) is 18.0 Å². The topological polar surface area (TPSA) is 56.7 Å². The first-order chi connectivity index (χ1) is 7.24. The number of hydrogen-bond donors (Lipinski definition) is 1. The van der Waals surface area contributed by atoms with Crippen LogP contribution in [0.3, 0.4) is 0 Å². The van der Waals surface area contributed by atoms with E-state index >= 15 is 0 Å². The highest BCUT2D eigenvalue weighted by atomic mass is 32.1. The second-order valence-electron chi connectivity index (χ2n) is 4.04. The van der Waals surface area contributed by atoms with Crippen LogP contribution in [0, 0.1) is 0 Å². The number of thiocarbonyl (C=S) groups is 1. The molecule has 0 radical (unpaired) electrons. The maximum atomic E-state index is 5.66. The van der Waals surface area contributed by atoms with Gasteiger partial charge in [0.1, 0.15) is 10.7 Å². The van der Waals surface area contributed by atoms with Gasteiger partial charge in [0, 0.05) is 12.5 Å². The molecular formula is C10H16N4S. The van der Waals surface area contributed by atoms with E-state index in [2.05, 4.69) is 17.2 Å². The van der Waals surface area contributed by atoms with Crippen molar-refractivity contribution in [1.29, 1.82) is 0 Å². The molecule has 1 aliphatic rings. The molecule has 0 bridgehead atoms. The summed E-state index contributed by atoms with van der Waals surface area (Å²) in [6, 6.07) is 0. The number of rotatable bonds is 4. The van der Waals surface area contributed by atoms with Crippen LogP contribution in [0.4, 0.5) is 0 Å². The monoisotopic (exact) mass is 224 g/mol. The quantitative estimate of drug-likeness (QED) is 0.789. The van der Waals surface area contributed by atoms with E-state index in [0.717, 1.165) is 24.4 Å². The van der Waals surface area contributed by atoms with Gasteiger partial charge in [-0.15, -0.1) is 5.10 Å². The molecular weight excluding hydrogens is 208 g/mol. The average molecular weight is 224 g/mol. The summed E-state index contributed by atoms with van der Waals surface area (Å²) >= 11 is 5.00. The zero-order chi connectivity index (χ0) is 10.8. The Kier molecular flexibility index (Phi) is 3.00. The first-order valence-corrected chi connectivity index (χ1v) is 5.88. The van der Waals surface area contributed by atoms with Crippen molar-refractivity contribution < 1.29 is 0 Å². The first-order valence-electron chi connectivity index (χ1n) is 5.47. The van der Waals surface area contributed by atoms with Crippen molar-refractivity contribution in [2.75, 3.05) is 0 Å². The predicted octanol–water partition coefficient (Wildman–Crippen LogP) is 1.59. The third-order valence-electron chi connectivity index (χ3n) is 2.93. The van der Waals surface area contributed by atoms with Gasteiger partial charge in [0.2, 0.25) is 0 Å². The molecule has 1 saturated carbocycles. The van der Waals surface area contributed by atoms with Crippen LogP contribution < -0.4 is 5.73 Å². The van der Waals surface area contributed by atoms with Gasteiger partial charge in [0.15, 0.2) is 0 Å². The Morgan fingerprint density at radius 1 is 1.60 bits per heavy atom. The van der Waals surface area contributed by atoms with Gasteiger partial charge in [-0.3, -0.25) is 0 Å². The second kappa shape index (κ2) is 4.26. The lowest BCUT2D eigenvalue weighted by atomic mass is 9.82. The van der Waals surface area contributed by atoms with Crippen molar-refractivity contribution >= 4 is 17.2 Å². The van der Waals surface area contributed by atoms with Crippen LogP contribution in [0.5, 0.6) is 0 Å². The third kappa shape index (κ3) is 1.88. The molecule has 1 heterocycles. The van der Waals surface area contributed by atoms with Crippen LogP contribution in [0.15, 0.2) is 0 Å². The Labute approximate surface area is 94.8 Å². The number of nitrogens with zero attached hydrogens (tertiary/aromatic N) is 3. The number of nitrogens with two attached hydrogens (primary N) is 1. The third-order valence-corrected chi connectivity index (χ3v) is 3.13. The van der Waals surface area contributed by atoms with Crippen molar-refractivity contribution in [3.05, 3.63) is 11.4 Å². The highest BCUT2D eigenvalue weighted by Gasteiger charge is 2.28. The van der Waals surface area contributed by atoms with Crippen LogP contribution >= 0.6 is 12.2 Å². The van der Waals surface area contributed by atoms with Gasteiger partial charge in [-0.1, -0.05) is 30.8 Å². The zero-order valence-corrected chi connectivity index (χ0v) is 9.76. The maximum absolute atomic E-state index is 5.66. The molecule has 0 aliphatic heterocycles. The van der Waals surface area contributed by atoms with Crippen LogP contribution in [0.25, 0.3) is 0 Å². The molecule has 0 saturated heterocycles. The van der Waals surface area contributed by atoms with E-state index in [1.54, 1.807) is 0 Å². The summed E-state index contributed by atoms with van der Waals surface area (Å²) in [5.41, 5.74) is 7.56. The van der Waals surface area contributed by atoms with Gasteiger partial charge in [0.05, 0.1) is 5.69 Å². The van der Waals surface area contributed by atoms with Gasteiger partial charge in [-0.25, -0.2) is 4.68 Å². The summed E-state index contributed by atoms with van der Waals surface area (Å²) in [7, 11) is 0. The average Bonchev–Trinajstić information content (AvgIpc) is 2.47. The van der Waals surface area contributed by atoms with E-state index in [-0.39, 0.29) is 0 Å². The zero-order valence-electron chi connectivity index (χ0n) is 8.94. The molecule has 1 fully saturated rings. The van der Waals surface area contributed by atoms with Crippen molar-refractivity contribution in [3.63, 3.8) is 0 Å².